The molecule has 1 saturated heterocycles. The van der Waals surface area contributed by atoms with Gasteiger partial charge in [0.05, 0.1) is 12.7 Å². The highest BCUT2D eigenvalue weighted by Crippen LogP contribution is 2.27. The first-order chi connectivity index (χ1) is 17.5. The van der Waals surface area contributed by atoms with Crippen molar-refractivity contribution in [2.45, 2.75) is 58.7 Å². The Morgan fingerprint density at radius 2 is 2.11 bits per heavy atom. The molecule has 3 aromatic rings. The predicted octanol–water partition coefficient (Wildman–Crippen LogP) is 4.41. The van der Waals surface area contributed by atoms with Crippen LogP contribution in [0.4, 0.5) is 21.2 Å². The number of aryl methyl sites for hydroxylation is 1. The lowest BCUT2D eigenvalue weighted by Gasteiger charge is -2.32. The van der Waals surface area contributed by atoms with Crippen LogP contribution in [0.15, 0.2) is 36.5 Å². The summed E-state index contributed by atoms with van der Waals surface area (Å²) >= 11 is 0. The highest BCUT2D eigenvalue weighted by atomic mass is 16.6. The third kappa shape index (κ3) is 6.09. The second-order valence-corrected chi connectivity index (χ2v) is 10.2. The van der Waals surface area contributed by atoms with E-state index in [0.717, 1.165) is 17.5 Å². The average molecular weight is 506 g/mol. The summed E-state index contributed by atoms with van der Waals surface area (Å²) < 4.78 is 7.19. The van der Waals surface area contributed by atoms with Crippen molar-refractivity contribution in [2.24, 2.45) is 0 Å². The first-order valence-corrected chi connectivity index (χ1v) is 12.1. The molecule has 0 saturated carbocycles. The van der Waals surface area contributed by atoms with Gasteiger partial charge >= 0.3 is 12.2 Å². The summed E-state index contributed by atoms with van der Waals surface area (Å²) in [6.45, 7) is 8.35. The number of benzene rings is 1. The Balaban J connectivity index is 1.78. The number of carbonyl (C=O) groups excluding carboxylic acids is 1. The first kappa shape index (κ1) is 25.8. The quantitative estimate of drug-likeness (QED) is 0.521. The van der Waals surface area contributed by atoms with Crippen LogP contribution >= 0.6 is 0 Å². The molecular formula is C26H31N7O4. The molecule has 1 aliphatic heterocycles. The van der Waals surface area contributed by atoms with Crippen LogP contribution in [-0.2, 0) is 11.3 Å². The monoisotopic (exact) mass is 505 g/mol. The second-order valence-electron chi connectivity index (χ2n) is 10.2. The van der Waals surface area contributed by atoms with Gasteiger partial charge in [0.2, 0.25) is 0 Å². The van der Waals surface area contributed by atoms with Crippen LogP contribution in [0.25, 0.3) is 5.65 Å². The van der Waals surface area contributed by atoms with E-state index in [1.807, 2.05) is 31.2 Å². The van der Waals surface area contributed by atoms with Gasteiger partial charge in [-0.2, -0.15) is 14.9 Å². The lowest BCUT2D eigenvalue weighted by atomic mass is 10.1. The number of nitriles is 1. The predicted molar refractivity (Wildman–Crippen MR) is 138 cm³/mol. The molecular weight excluding hydrogens is 474 g/mol. The van der Waals surface area contributed by atoms with Crippen molar-refractivity contribution in [3.63, 3.8) is 0 Å². The number of fused-ring (bicyclic) bond motifs is 1. The van der Waals surface area contributed by atoms with Crippen molar-refractivity contribution in [3.05, 3.63) is 53.2 Å². The standard InChI is InChI=1S/C26H31N7O4/c1-17-7-5-8-18(11-17)15-32(25(36)37-26(2,3)4)22-12-21(30-23-19(13-27)14-28-33(22)23)29-20-9-6-10-31(16-20)24(34)35/h5,7-8,11-12,14,20H,6,9-10,15-16H2,1-4H3,(H,29,30)(H,34,35)/t20-/m0/s1. The second kappa shape index (κ2) is 10.3. The Bertz CT molecular complexity index is 1360. The molecule has 1 fully saturated rings. The Morgan fingerprint density at radius 1 is 1.32 bits per heavy atom. The van der Waals surface area contributed by atoms with Crippen molar-refractivity contribution >= 4 is 29.5 Å². The molecule has 0 unspecified atom stereocenters. The van der Waals surface area contributed by atoms with Gasteiger partial charge in [0, 0.05) is 25.2 Å². The van der Waals surface area contributed by atoms with Crippen LogP contribution in [0.2, 0.25) is 0 Å². The van der Waals surface area contributed by atoms with Crippen molar-refractivity contribution in [1.29, 1.82) is 5.26 Å². The molecule has 1 atom stereocenters. The number of nitrogens with one attached hydrogen (secondary N) is 1. The molecule has 194 valence electrons. The SMILES string of the molecule is Cc1cccc(CN(C(=O)OC(C)(C)C)c2cc(N[C@H]3CCCN(C(=O)O)C3)nc3c(C#N)cnn23)c1. The minimum atomic E-state index is -0.965. The van der Waals surface area contributed by atoms with Crippen LogP contribution in [0, 0.1) is 18.3 Å². The minimum absolute atomic E-state index is 0.173. The van der Waals surface area contributed by atoms with Crippen LogP contribution in [-0.4, -0.2) is 61.5 Å². The Labute approximate surface area is 215 Å². The topological polar surface area (TPSA) is 136 Å². The number of likely N-dealkylation sites (tertiary alicyclic amines) is 1. The van der Waals surface area contributed by atoms with Gasteiger partial charge in [-0.1, -0.05) is 29.8 Å². The van der Waals surface area contributed by atoms with E-state index < -0.39 is 17.8 Å². The Morgan fingerprint density at radius 3 is 2.78 bits per heavy atom. The van der Waals surface area contributed by atoms with Gasteiger partial charge in [-0.25, -0.2) is 14.6 Å². The Hall–Kier alpha value is -4.33. The van der Waals surface area contributed by atoms with Gasteiger partial charge in [0.15, 0.2) is 5.65 Å². The van der Waals surface area contributed by atoms with Crippen LogP contribution in [0.1, 0.15) is 50.3 Å². The van der Waals surface area contributed by atoms with E-state index >= 15 is 0 Å². The molecule has 37 heavy (non-hydrogen) atoms. The number of carbonyl (C=O) groups is 2. The normalized spacial score (nSPS) is 15.8. The number of ether oxygens (including phenoxy) is 1. The summed E-state index contributed by atoms with van der Waals surface area (Å²) in [6.07, 6.45) is 1.34. The number of amides is 2. The average Bonchev–Trinajstić information content (AvgIpc) is 3.24. The van der Waals surface area contributed by atoms with Crippen LogP contribution < -0.4 is 10.2 Å². The lowest BCUT2D eigenvalue weighted by Crippen LogP contribution is -2.44. The molecule has 1 aromatic carbocycles. The zero-order chi connectivity index (χ0) is 26.7. The van der Waals surface area contributed by atoms with Gasteiger partial charge in [-0.15, -0.1) is 0 Å². The number of hydrogen-bond donors (Lipinski definition) is 2. The molecule has 11 nitrogen and oxygen atoms in total. The van der Waals surface area contributed by atoms with Gasteiger partial charge in [-0.05, 0) is 46.1 Å². The van der Waals surface area contributed by atoms with E-state index in [9.17, 15) is 20.0 Å². The molecule has 0 aliphatic carbocycles. The fourth-order valence-electron chi connectivity index (χ4n) is 4.32. The van der Waals surface area contributed by atoms with E-state index in [1.54, 1.807) is 26.8 Å². The molecule has 0 bridgehead atoms. The van der Waals surface area contributed by atoms with Gasteiger partial charge in [0.25, 0.3) is 0 Å². The Kier molecular flexibility index (Phi) is 7.20. The summed E-state index contributed by atoms with van der Waals surface area (Å²) in [5, 5.41) is 26.7. The highest BCUT2D eigenvalue weighted by molar-refractivity contribution is 5.88. The first-order valence-electron chi connectivity index (χ1n) is 12.1. The summed E-state index contributed by atoms with van der Waals surface area (Å²) in [7, 11) is 0. The molecule has 4 rings (SSSR count). The number of anilines is 2. The molecule has 2 aromatic heterocycles. The van der Waals surface area contributed by atoms with E-state index in [1.165, 1.54) is 20.5 Å². The molecule has 2 amide bonds. The molecule has 0 radical (unpaired) electrons. The maximum absolute atomic E-state index is 13.5. The maximum atomic E-state index is 13.5. The smallest absolute Gasteiger partial charge is 0.416 e. The third-order valence-electron chi connectivity index (χ3n) is 5.93. The number of rotatable bonds is 5. The van der Waals surface area contributed by atoms with Gasteiger partial charge < -0.3 is 20.1 Å². The van der Waals surface area contributed by atoms with E-state index in [-0.39, 0.29) is 23.8 Å². The zero-order valence-corrected chi connectivity index (χ0v) is 21.4. The van der Waals surface area contributed by atoms with E-state index in [2.05, 4.69) is 21.5 Å². The molecule has 3 heterocycles. The summed E-state index contributed by atoms with van der Waals surface area (Å²) in [5.74, 6) is 0.783. The van der Waals surface area contributed by atoms with Crippen LogP contribution in [0.5, 0.6) is 0 Å². The fourth-order valence-corrected chi connectivity index (χ4v) is 4.32. The summed E-state index contributed by atoms with van der Waals surface area (Å²) in [6, 6.07) is 11.4. The number of carboxylic acid groups (broad SMARTS) is 1. The highest BCUT2D eigenvalue weighted by Gasteiger charge is 2.28. The summed E-state index contributed by atoms with van der Waals surface area (Å²) in [4.78, 5) is 32.4. The summed E-state index contributed by atoms with van der Waals surface area (Å²) in [5.41, 5.74) is 1.74. The number of nitrogens with zero attached hydrogens (tertiary/aromatic N) is 6. The maximum Gasteiger partial charge on any atom is 0.416 e. The number of hydrogen-bond acceptors (Lipinski definition) is 7. The minimum Gasteiger partial charge on any atom is -0.465 e. The number of aromatic nitrogens is 3. The van der Waals surface area contributed by atoms with Gasteiger partial charge in [-0.3, -0.25) is 4.90 Å². The van der Waals surface area contributed by atoms with Crippen LogP contribution in [0.3, 0.4) is 0 Å². The van der Waals surface area contributed by atoms with Crippen molar-refractivity contribution in [1.82, 2.24) is 19.5 Å². The molecule has 0 spiro atoms. The van der Waals surface area contributed by atoms with E-state index in [4.69, 9.17) is 4.74 Å². The van der Waals surface area contributed by atoms with Crippen molar-refractivity contribution < 1.29 is 19.4 Å². The number of piperidine rings is 1. The molecule has 1 aliphatic rings. The largest absolute Gasteiger partial charge is 0.465 e. The fraction of sp³-hybridized carbons (Fsp3) is 0.423. The van der Waals surface area contributed by atoms with Gasteiger partial charge in [0.1, 0.15) is 28.9 Å². The van der Waals surface area contributed by atoms with Crippen molar-refractivity contribution in [2.75, 3.05) is 23.3 Å². The third-order valence-corrected chi connectivity index (χ3v) is 5.93. The zero-order valence-electron chi connectivity index (χ0n) is 21.4. The molecule has 11 heteroatoms. The van der Waals surface area contributed by atoms with Crippen molar-refractivity contribution in [3.8, 4) is 6.07 Å². The lowest BCUT2D eigenvalue weighted by molar-refractivity contribution is 0.0575. The molecule has 2 N–H and O–H groups in total. The van der Waals surface area contributed by atoms with E-state index in [0.29, 0.717) is 31.1 Å².